The minimum atomic E-state index is -0.299. The van der Waals surface area contributed by atoms with Crippen molar-refractivity contribution < 1.29 is 9.59 Å². The number of urea groups is 2. The van der Waals surface area contributed by atoms with Gasteiger partial charge in [0.05, 0.1) is 0 Å². The van der Waals surface area contributed by atoms with E-state index in [0.29, 0.717) is 36.3 Å². The van der Waals surface area contributed by atoms with E-state index in [2.05, 4.69) is 152 Å². The number of nitrogens with one attached hydrogen (secondary N) is 6. The van der Waals surface area contributed by atoms with Crippen molar-refractivity contribution in [1.82, 2.24) is 30.6 Å². The Morgan fingerprint density at radius 1 is 0.333 bits per heavy atom. The summed E-state index contributed by atoms with van der Waals surface area (Å²) in [4.78, 5) is 62.6. The van der Waals surface area contributed by atoms with Crippen LogP contribution in [0.5, 0.6) is 0 Å². The van der Waals surface area contributed by atoms with Gasteiger partial charge in [-0.25, -0.2) is 19.6 Å². The van der Waals surface area contributed by atoms with Crippen LogP contribution in [-0.2, 0) is 0 Å². The largest absolute Gasteiger partial charge is 0.338 e. The maximum absolute atomic E-state index is 12.7. The number of anilines is 2. The van der Waals surface area contributed by atoms with Crippen LogP contribution in [0.1, 0.15) is 302 Å². The number of hydrogen-bond acceptors (Lipinski definition) is 6. The number of rotatable bonds is 46. The molecular formula is C72H136N8O4. The Bertz CT molecular complexity index is 1810. The summed E-state index contributed by atoms with van der Waals surface area (Å²) in [5, 5.41) is 11.6. The molecule has 6 N–H and O–H groups in total. The van der Waals surface area contributed by atoms with E-state index in [9.17, 15) is 19.2 Å². The Kier molecular flexibility index (Phi) is 43.3. The Morgan fingerprint density at radius 3 is 0.726 bits per heavy atom. The van der Waals surface area contributed by atoms with Gasteiger partial charge in [0.1, 0.15) is 0 Å². The Labute approximate surface area is 517 Å². The van der Waals surface area contributed by atoms with Crippen LogP contribution in [-0.4, -0.2) is 45.1 Å². The molecule has 0 fully saturated rings. The number of carbonyl (C=O) groups is 2. The summed E-state index contributed by atoms with van der Waals surface area (Å²) in [6.45, 7) is 42.2. The van der Waals surface area contributed by atoms with Crippen LogP contribution in [0.15, 0.2) is 21.7 Å². The number of aromatic nitrogens is 4. The predicted molar refractivity (Wildman–Crippen MR) is 362 cm³/mol. The van der Waals surface area contributed by atoms with Crippen molar-refractivity contribution in [3.63, 3.8) is 0 Å². The minimum Gasteiger partial charge on any atom is -0.338 e. The van der Waals surface area contributed by atoms with Crippen LogP contribution < -0.4 is 32.4 Å². The second-order valence-corrected chi connectivity index (χ2v) is 29.8. The SMILES string of the molecule is Cc1cc(=O)[nH]c(NC(=O)NCC(CCCC(CCC(C)C)CCC(C)C)CCCC(CCC(C)C)CCC(C)C)n1.Cc1cc(=O)[nH]c(NC(=O)NCC(CCCC(CCC(C)C)CCC(C)C)CCCC(CCC(C)C)CCC(C)C)n1. The van der Waals surface area contributed by atoms with E-state index < -0.39 is 0 Å². The molecule has 0 aliphatic rings. The van der Waals surface area contributed by atoms with Crippen molar-refractivity contribution in [2.45, 2.75) is 304 Å². The maximum Gasteiger partial charge on any atom is 0.321 e. The van der Waals surface area contributed by atoms with Crippen LogP contribution in [0.3, 0.4) is 0 Å². The molecular weight excluding hydrogens is 1040 g/mol. The van der Waals surface area contributed by atoms with Gasteiger partial charge in [-0.1, -0.05) is 265 Å². The average Bonchev–Trinajstić information content (AvgIpc) is 3.46. The molecule has 0 unspecified atom stereocenters. The second kappa shape index (κ2) is 46.5. The van der Waals surface area contributed by atoms with Crippen LogP contribution in [0, 0.1) is 96.7 Å². The standard InChI is InChI=1S/2C36H68N4O2/c2*1-26(2)16-20-31(21-17-27(3)4)12-10-14-33(15-11-13-32(22-18-28(5)6)23-19-29(7)8)25-37-36(42)40-35-38-30(9)24-34(41)39-35/h2*24,26-29,31-33H,10-23,25H2,1-9H3,(H3,37,38,39,40,41,42). The molecule has 0 aliphatic heterocycles. The molecule has 0 atom stereocenters. The van der Waals surface area contributed by atoms with Crippen molar-refractivity contribution in [2.75, 3.05) is 23.7 Å². The molecule has 2 heterocycles. The smallest absolute Gasteiger partial charge is 0.321 e. The summed E-state index contributed by atoms with van der Waals surface area (Å²) in [6, 6.07) is 2.24. The fraction of sp³-hybridized carbons (Fsp3) is 0.861. The monoisotopic (exact) mass is 1180 g/mol. The third kappa shape index (κ3) is 44.7. The predicted octanol–water partition coefficient (Wildman–Crippen LogP) is 20.3. The molecule has 0 saturated heterocycles. The van der Waals surface area contributed by atoms with E-state index >= 15 is 0 Å². The van der Waals surface area contributed by atoms with E-state index in [1.54, 1.807) is 13.8 Å². The highest BCUT2D eigenvalue weighted by Crippen LogP contribution is 2.31. The van der Waals surface area contributed by atoms with Crippen molar-refractivity contribution >= 4 is 24.0 Å². The van der Waals surface area contributed by atoms with E-state index in [1.807, 2.05) is 0 Å². The van der Waals surface area contributed by atoms with Crippen molar-refractivity contribution in [2.24, 2.45) is 82.9 Å². The van der Waals surface area contributed by atoms with Gasteiger partial charge in [0.15, 0.2) is 0 Å². The van der Waals surface area contributed by atoms with Crippen LogP contribution in [0.2, 0.25) is 0 Å². The maximum atomic E-state index is 12.7. The van der Waals surface area contributed by atoms with Crippen molar-refractivity contribution in [1.29, 1.82) is 0 Å². The molecule has 4 amide bonds. The van der Waals surface area contributed by atoms with E-state index in [1.165, 1.54) is 166 Å². The molecule has 0 bridgehead atoms. The lowest BCUT2D eigenvalue weighted by atomic mass is 9.84. The van der Waals surface area contributed by atoms with Gasteiger partial charge in [0.2, 0.25) is 11.9 Å². The van der Waals surface area contributed by atoms with Crippen molar-refractivity contribution in [3.05, 3.63) is 44.2 Å². The molecule has 2 aromatic heterocycles. The number of hydrogen-bond donors (Lipinski definition) is 6. The Morgan fingerprint density at radius 2 is 0.536 bits per heavy atom. The number of aromatic amines is 2. The third-order valence-corrected chi connectivity index (χ3v) is 17.4. The summed E-state index contributed by atoms with van der Waals surface area (Å²) in [7, 11) is 0. The molecule has 0 aliphatic carbocycles. The summed E-state index contributed by atoms with van der Waals surface area (Å²) < 4.78 is 0. The Balaban J connectivity index is 0.000000840. The van der Waals surface area contributed by atoms with Crippen molar-refractivity contribution in [3.8, 4) is 0 Å². The Hall–Kier alpha value is -3.70. The van der Waals surface area contributed by atoms with E-state index in [4.69, 9.17) is 0 Å². The first-order valence-corrected chi connectivity index (χ1v) is 34.9. The number of amides is 4. The second-order valence-electron chi connectivity index (χ2n) is 29.8. The fourth-order valence-electron chi connectivity index (χ4n) is 11.8. The van der Waals surface area contributed by atoms with Gasteiger partial charge in [-0.15, -0.1) is 0 Å². The molecule has 12 nitrogen and oxygen atoms in total. The summed E-state index contributed by atoms with van der Waals surface area (Å²) in [5.41, 5.74) is 0.649. The summed E-state index contributed by atoms with van der Waals surface area (Å²) in [6.07, 6.45) is 35.9. The molecule has 488 valence electrons. The zero-order chi connectivity index (χ0) is 63.0. The van der Waals surface area contributed by atoms with E-state index in [0.717, 1.165) is 96.7 Å². The number of aryl methyl sites for hydroxylation is 2. The van der Waals surface area contributed by atoms with Gasteiger partial charge < -0.3 is 10.6 Å². The first-order valence-electron chi connectivity index (χ1n) is 34.9. The van der Waals surface area contributed by atoms with Gasteiger partial charge in [-0.2, -0.15) is 0 Å². The topological polar surface area (TPSA) is 174 Å². The molecule has 0 saturated carbocycles. The first-order chi connectivity index (χ1) is 39.7. The highest BCUT2D eigenvalue weighted by atomic mass is 16.2. The minimum absolute atomic E-state index is 0.199. The lowest BCUT2D eigenvalue weighted by Gasteiger charge is -2.23. The van der Waals surface area contributed by atoms with Gasteiger partial charge in [-0.3, -0.25) is 30.2 Å². The lowest BCUT2D eigenvalue weighted by molar-refractivity contribution is 0.246. The zero-order valence-electron chi connectivity index (χ0n) is 58.0. The zero-order valence-corrected chi connectivity index (χ0v) is 58.0. The third-order valence-electron chi connectivity index (χ3n) is 17.4. The number of nitrogens with zero attached hydrogens (tertiary/aromatic N) is 2. The lowest BCUT2D eigenvalue weighted by Crippen LogP contribution is -2.34. The van der Waals surface area contributed by atoms with Gasteiger partial charge >= 0.3 is 12.1 Å². The molecule has 12 heteroatoms. The van der Waals surface area contributed by atoms with Gasteiger partial charge in [0.25, 0.3) is 11.1 Å². The highest BCUT2D eigenvalue weighted by Gasteiger charge is 2.20. The molecule has 0 radical (unpaired) electrons. The molecule has 2 aromatic rings. The van der Waals surface area contributed by atoms with Gasteiger partial charge in [0, 0.05) is 36.6 Å². The molecule has 0 spiro atoms. The van der Waals surface area contributed by atoms with E-state index in [-0.39, 0.29) is 35.1 Å². The molecule has 84 heavy (non-hydrogen) atoms. The van der Waals surface area contributed by atoms with Crippen LogP contribution in [0.4, 0.5) is 21.5 Å². The first kappa shape index (κ1) is 78.3. The highest BCUT2D eigenvalue weighted by molar-refractivity contribution is 5.87. The molecule has 0 aromatic carbocycles. The number of H-pyrrole nitrogens is 2. The van der Waals surface area contributed by atoms with Gasteiger partial charge in [-0.05, 0) is 122 Å². The summed E-state index contributed by atoms with van der Waals surface area (Å²) in [5.74, 6) is 10.7. The fourth-order valence-corrected chi connectivity index (χ4v) is 11.8. The normalized spacial score (nSPS) is 12.2. The summed E-state index contributed by atoms with van der Waals surface area (Å²) >= 11 is 0. The molecule has 2 rings (SSSR count). The number of carbonyl (C=O) groups excluding carboxylic acids is 2. The van der Waals surface area contributed by atoms with Crippen LogP contribution >= 0.6 is 0 Å². The average molecular weight is 1180 g/mol. The van der Waals surface area contributed by atoms with Crippen LogP contribution in [0.25, 0.3) is 0 Å². The quantitative estimate of drug-likeness (QED) is 0.0385.